The van der Waals surface area contributed by atoms with Crippen molar-refractivity contribution in [2.45, 2.75) is 26.3 Å². The highest BCUT2D eigenvalue weighted by Gasteiger charge is 2.45. The van der Waals surface area contributed by atoms with Gasteiger partial charge in [0.05, 0.1) is 16.6 Å². The predicted octanol–water partition coefficient (Wildman–Crippen LogP) is 4.95. The Morgan fingerprint density at radius 2 is 1.93 bits per heavy atom. The zero-order chi connectivity index (χ0) is 20.6. The Labute approximate surface area is 176 Å². The average molecular weight is 465 g/mol. The number of ketones is 1. The summed E-state index contributed by atoms with van der Waals surface area (Å²) in [6.07, 6.45) is 0.646. The van der Waals surface area contributed by atoms with E-state index in [1.807, 2.05) is 13.8 Å². The lowest BCUT2D eigenvalue weighted by Crippen LogP contribution is -2.30. The number of aryl methyl sites for hydroxylation is 1. The fraction of sp³-hybridized carbons (Fsp3) is 0.238. The molecular weight excluding hydrogens is 446 g/mol. The number of Topliss-reactive ketones (excluding diaryl/α,β-unsaturated/α-hetero) is 1. The minimum absolute atomic E-state index is 0.0157. The number of phenols is 1. The minimum Gasteiger partial charge on any atom is -0.507 e. The maximum Gasteiger partial charge on any atom is 0.295 e. The number of phenolic OH excluding ortho intramolecular Hbond substituents is 1. The lowest BCUT2D eigenvalue weighted by Gasteiger charge is -2.25. The van der Waals surface area contributed by atoms with Crippen LogP contribution in [0.25, 0.3) is 5.76 Å². The molecule has 0 spiro atoms. The number of aromatic hydroxyl groups is 1. The highest BCUT2D eigenvalue weighted by atomic mass is 79.9. The van der Waals surface area contributed by atoms with Gasteiger partial charge in [0.1, 0.15) is 11.5 Å². The molecule has 1 fully saturated rings. The Morgan fingerprint density at radius 1 is 1.21 bits per heavy atom. The number of carbonyl (C=O) groups is 2. The maximum absolute atomic E-state index is 12.8. The molecular formula is C21H19BrClNO4. The van der Waals surface area contributed by atoms with E-state index in [1.165, 1.54) is 17.0 Å². The van der Waals surface area contributed by atoms with Gasteiger partial charge in [0, 0.05) is 16.6 Å². The third kappa shape index (κ3) is 3.54. The van der Waals surface area contributed by atoms with Crippen molar-refractivity contribution < 1.29 is 19.8 Å². The second kappa shape index (κ2) is 7.97. The largest absolute Gasteiger partial charge is 0.507 e. The second-order valence-corrected chi connectivity index (χ2v) is 7.93. The molecule has 146 valence electrons. The molecule has 1 aliphatic heterocycles. The number of amides is 1. The van der Waals surface area contributed by atoms with Gasteiger partial charge in [-0.1, -0.05) is 46.6 Å². The summed E-state index contributed by atoms with van der Waals surface area (Å²) in [4.78, 5) is 26.9. The second-order valence-electron chi connectivity index (χ2n) is 6.67. The van der Waals surface area contributed by atoms with Crippen LogP contribution in [0, 0.1) is 6.92 Å². The fourth-order valence-electron chi connectivity index (χ4n) is 3.34. The van der Waals surface area contributed by atoms with Crippen LogP contribution in [0.5, 0.6) is 5.75 Å². The SMILES string of the molecule is CCCN1C(=O)C(=O)/C(=C(\O)c2ccc(Br)c(C)c2)C1c1ccc(O)c(Cl)c1. The number of nitrogens with zero attached hydrogens (tertiary/aromatic N) is 1. The molecule has 2 N–H and O–H groups in total. The minimum atomic E-state index is -0.776. The molecule has 1 heterocycles. The molecule has 0 aliphatic carbocycles. The molecule has 1 atom stereocenters. The van der Waals surface area contributed by atoms with Gasteiger partial charge in [-0.15, -0.1) is 0 Å². The summed E-state index contributed by atoms with van der Waals surface area (Å²) in [7, 11) is 0. The van der Waals surface area contributed by atoms with Crippen molar-refractivity contribution in [3.8, 4) is 5.75 Å². The van der Waals surface area contributed by atoms with E-state index in [-0.39, 0.29) is 22.1 Å². The molecule has 0 saturated carbocycles. The van der Waals surface area contributed by atoms with Crippen LogP contribution < -0.4 is 0 Å². The van der Waals surface area contributed by atoms with Gasteiger partial charge in [0.15, 0.2) is 0 Å². The zero-order valence-electron chi connectivity index (χ0n) is 15.4. The van der Waals surface area contributed by atoms with Crippen molar-refractivity contribution in [3.63, 3.8) is 0 Å². The number of hydrogen-bond donors (Lipinski definition) is 2. The molecule has 7 heteroatoms. The van der Waals surface area contributed by atoms with E-state index in [1.54, 1.807) is 24.3 Å². The summed E-state index contributed by atoms with van der Waals surface area (Å²) in [5.41, 5.74) is 1.90. The van der Waals surface area contributed by atoms with E-state index in [0.717, 1.165) is 10.0 Å². The first-order chi connectivity index (χ1) is 13.3. The van der Waals surface area contributed by atoms with E-state index < -0.39 is 17.7 Å². The number of hydrogen-bond acceptors (Lipinski definition) is 4. The predicted molar refractivity (Wildman–Crippen MR) is 111 cm³/mol. The molecule has 0 aromatic heterocycles. The van der Waals surface area contributed by atoms with Gasteiger partial charge in [-0.05, 0) is 48.7 Å². The van der Waals surface area contributed by atoms with Crippen LogP contribution in [0.3, 0.4) is 0 Å². The Hall–Kier alpha value is -2.31. The molecule has 28 heavy (non-hydrogen) atoms. The summed E-state index contributed by atoms with van der Waals surface area (Å²) in [6, 6.07) is 8.94. The molecule has 3 rings (SSSR count). The van der Waals surface area contributed by atoms with Gasteiger partial charge in [0.25, 0.3) is 11.7 Å². The van der Waals surface area contributed by atoms with Gasteiger partial charge >= 0.3 is 0 Å². The molecule has 1 unspecified atom stereocenters. The third-order valence-corrected chi connectivity index (χ3v) is 5.92. The highest BCUT2D eigenvalue weighted by molar-refractivity contribution is 9.10. The number of aliphatic hydroxyl groups is 1. The van der Waals surface area contributed by atoms with E-state index in [9.17, 15) is 19.8 Å². The Morgan fingerprint density at radius 3 is 2.54 bits per heavy atom. The van der Waals surface area contributed by atoms with Crippen molar-refractivity contribution in [1.29, 1.82) is 0 Å². The summed E-state index contributed by atoms with van der Waals surface area (Å²) in [5, 5.41) is 20.8. The monoisotopic (exact) mass is 463 g/mol. The molecule has 1 saturated heterocycles. The maximum atomic E-state index is 12.8. The van der Waals surface area contributed by atoms with Crippen LogP contribution in [0.1, 0.15) is 36.1 Å². The highest BCUT2D eigenvalue weighted by Crippen LogP contribution is 2.41. The Balaban J connectivity index is 2.22. The number of benzene rings is 2. The van der Waals surface area contributed by atoms with Gasteiger partial charge in [0.2, 0.25) is 0 Å². The average Bonchev–Trinajstić information content (AvgIpc) is 2.91. The van der Waals surface area contributed by atoms with Gasteiger partial charge in [-0.3, -0.25) is 9.59 Å². The van der Waals surface area contributed by atoms with Crippen LogP contribution in [-0.2, 0) is 9.59 Å². The summed E-state index contributed by atoms with van der Waals surface area (Å²) < 4.78 is 0.873. The normalized spacial score (nSPS) is 18.7. The summed E-state index contributed by atoms with van der Waals surface area (Å²) >= 11 is 9.46. The van der Waals surface area contributed by atoms with Crippen LogP contribution in [-0.4, -0.2) is 33.3 Å². The fourth-order valence-corrected chi connectivity index (χ4v) is 3.77. The Kier molecular flexibility index (Phi) is 5.82. The zero-order valence-corrected chi connectivity index (χ0v) is 17.7. The molecule has 0 bridgehead atoms. The number of carbonyl (C=O) groups excluding carboxylic acids is 2. The molecule has 5 nitrogen and oxygen atoms in total. The summed E-state index contributed by atoms with van der Waals surface area (Å²) in [5.74, 6) is -1.73. The van der Waals surface area contributed by atoms with Crippen molar-refractivity contribution in [1.82, 2.24) is 4.90 Å². The molecule has 0 radical (unpaired) electrons. The van der Waals surface area contributed by atoms with Gasteiger partial charge in [-0.2, -0.15) is 0 Å². The summed E-state index contributed by atoms with van der Waals surface area (Å²) in [6.45, 7) is 4.12. The van der Waals surface area contributed by atoms with Crippen molar-refractivity contribution >= 4 is 45.0 Å². The van der Waals surface area contributed by atoms with Crippen LogP contribution >= 0.6 is 27.5 Å². The molecule has 2 aromatic carbocycles. The first-order valence-electron chi connectivity index (χ1n) is 8.79. The molecule has 1 aliphatic rings. The lowest BCUT2D eigenvalue weighted by molar-refractivity contribution is -0.139. The van der Waals surface area contributed by atoms with Crippen molar-refractivity contribution in [2.75, 3.05) is 6.54 Å². The van der Waals surface area contributed by atoms with Crippen LogP contribution in [0.2, 0.25) is 5.02 Å². The first kappa shape index (κ1) is 20.4. The quantitative estimate of drug-likeness (QED) is 0.381. The smallest absolute Gasteiger partial charge is 0.295 e. The third-order valence-electron chi connectivity index (χ3n) is 4.72. The molecule has 2 aromatic rings. The van der Waals surface area contributed by atoms with Crippen LogP contribution in [0.4, 0.5) is 0 Å². The van der Waals surface area contributed by atoms with Crippen molar-refractivity contribution in [2.24, 2.45) is 0 Å². The van der Waals surface area contributed by atoms with Gasteiger partial charge < -0.3 is 15.1 Å². The van der Waals surface area contributed by atoms with Crippen LogP contribution in [0.15, 0.2) is 46.4 Å². The topological polar surface area (TPSA) is 77.8 Å². The number of likely N-dealkylation sites (tertiary alicyclic amines) is 1. The standard InChI is InChI=1S/C21H19BrClNO4/c1-3-8-24-18(12-5-7-16(25)15(23)10-12)17(20(27)21(24)28)19(26)13-4-6-14(22)11(2)9-13/h4-7,9-10,18,25-26H,3,8H2,1-2H3/b19-17-. The van der Waals surface area contributed by atoms with E-state index >= 15 is 0 Å². The number of rotatable bonds is 4. The van der Waals surface area contributed by atoms with Gasteiger partial charge in [-0.25, -0.2) is 0 Å². The Bertz CT molecular complexity index is 1000. The number of halogens is 2. The number of aliphatic hydroxyl groups excluding tert-OH is 1. The molecule has 1 amide bonds. The van der Waals surface area contributed by atoms with E-state index in [0.29, 0.717) is 24.1 Å². The lowest BCUT2D eigenvalue weighted by atomic mass is 9.94. The first-order valence-corrected chi connectivity index (χ1v) is 9.96. The van der Waals surface area contributed by atoms with E-state index in [2.05, 4.69) is 15.9 Å². The van der Waals surface area contributed by atoms with Crippen molar-refractivity contribution in [3.05, 3.63) is 68.2 Å². The van der Waals surface area contributed by atoms with E-state index in [4.69, 9.17) is 11.6 Å².